The van der Waals surface area contributed by atoms with Gasteiger partial charge in [0.15, 0.2) is 0 Å². The van der Waals surface area contributed by atoms with E-state index in [9.17, 15) is 9.59 Å². The normalized spacial score (nSPS) is 20.6. The zero-order chi connectivity index (χ0) is 10.6. The molecule has 5 nitrogen and oxygen atoms in total. The maximum Gasteiger partial charge on any atom is 0.397 e. The number of carbonyl (C=O) groups excluding carboxylic acids is 2. The maximum absolute atomic E-state index is 11.4. The van der Waals surface area contributed by atoms with Crippen molar-refractivity contribution in [3.8, 4) is 0 Å². The van der Waals surface area contributed by atoms with Gasteiger partial charge in [-0.05, 0) is 13.3 Å². The molecular weight excluding hydrogens is 186 g/mol. The minimum atomic E-state index is -0.790. The zero-order valence-corrected chi connectivity index (χ0v) is 8.49. The Morgan fingerprint density at radius 3 is 2.79 bits per heavy atom. The second kappa shape index (κ2) is 4.95. The van der Waals surface area contributed by atoms with Crippen LogP contribution in [0.4, 0.5) is 0 Å². The summed E-state index contributed by atoms with van der Waals surface area (Å²) in [6.07, 6.45) is 0.779. The van der Waals surface area contributed by atoms with Crippen LogP contribution >= 0.6 is 0 Å². The van der Waals surface area contributed by atoms with Gasteiger partial charge in [-0.1, -0.05) is 0 Å². The largest absolute Gasteiger partial charge is 0.459 e. The molecule has 1 aliphatic rings. The van der Waals surface area contributed by atoms with Crippen molar-refractivity contribution < 1.29 is 19.1 Å². The first-order valence-corrected chi connectivity index (χ1v) is 4.68. The topological polar surface area (TPSA) is 55.8 Å². The molecule has 0 aromatic rings. The van der Waals surface area contributed by atoms with E-state index in [0.717, 1.165) is 6.42 Å². The molecule has 1 heterocycles. The fraction of sp³-hybridized carbons (Fsp3) is 0.778. The highest BCUT2D eigenvalue weighted by Gasteiger charge is 2.28. The quantitative estimate of drug-likeness (QED) is 0.458. The number of carbonyl (C=O) groups is 2. The van der Waals surface area contributed by atoms with Crippen LogP contribution in [0.2, 0.25) is 0 Å². The van der Waals surface area contributed by atoms with Crippen LogP contribution in [0.15, 0.2) is 0 Å². The van der Waals surface area contributed by atoms with Gasteiger partial charge in [-0.3, -0.25) is 4.79 Å². The summed E-state index contributed by atoms with van der Waals surface area (Å²) in [5.41, 5.74) is 0. The number of esters is 1. The molecule has 0 aromatic heterocycles. The van der Waals surface area contributed by atoms with E-state index in [4.69, 9.17) is 4.74 Å². The Morgan fingerprint density at radius 2 is 2.29 bits per heavy atom. The monoisotopic (exact) mass is 201 g/mol. The number of nitrogens with zero attached hydrogens (tertiary/aromatic N) is 1. The lowest BCUT2D eigenvalue weighted by Gasteiger charge is -2.21. The van der Waals surface area contributed by atoms with Gasteiger partial charge >= 0.3 is 11.9 Å². The molecule has 5 heteroatoms. The second-order valence-electron chi connectivity index (χ2n) is 3.15. The molecule has 80 valence electrons. The summed E-state index contributed by atoms with van der Waals surface area (Å²) in [6.45, 7) is 3.04. The molecule has 1 fully saturated rings. The SMILES string of the molecule is CCOC(=O)C(=O)N(C)C1CCOC1. The summed E-state index contributed by atoms with van der Waals surface area (Å²) in [5.74, 6) is -1.38. The number of amides is 1. The molecule has 0 aromatic carbocycles. The van der Waals surface area contributed by atoms with Crippen molar-refractivity contribution in [3.05, 3.63) is 0 Å². The highest BCUT2D eigenvalue weighted by atomic mass is 16.5. The Kier molecular flexibility index (Phi) is 3.88. The Hall–Kier alpha value is -1.10. The lowest BCUT2D eigenvalue weighted by Crippen LogP contribution is -2.42. The van der Waals surface area contributed by atoms with Crippen LogP contribution in [-0.4, -0.2) is 49.7 Å². The van der Waals surface area contributed by atoms with Gasteiger partial charge in [0.1, 0.15) is 0 Å². The van der Waals surface area contributed by atoms with Crippen molar-refractivity contribution in [2.45, 2.75) is 19.4 Å². The number of likely N-dealkylation sites (N-methyl/N-ethyl adjacent to an activating group) is 1. The van der Waals surface area contributed by atoms with Gasteiger partial charge < -0.3 is 14.4 Å². The van der Waals surface area contributed by atoms with E-state index in [2.05, 4.69) is 4.74 Å². The lowest BCUT2D eigenvalue weighted by molar-refractivity contribution is -0.160. The summed E-state index contributed by atoms with van der Waals surface area (Å²) in [4.78, 5) is 23.9. The van der Waals surface area contributed by atoms with Crippen LogP contribution in [0.25, 0.3) is 0 Å². The Bertz CT molecular complexity index is 223. The number of ether oxygens (including phenoxy) is 2. The third kappa shape index (κ3) is 2.45. The smallest absolute Gasteiger partial charge is 0.397 e. The Morgan fingerprint density at radius 1 is 1.57 bits per heavy atom. The average molecular weight is 201 g/mol. The molecule has 1 aliphatic heterocycles. The van der Waals surface area contributed by atoms with Gasteiger partial charge in [0.2, 0.25) is 0 Å². The van der Waals surface area contributed by atoms with Crippen LogP contribution in [0.5, 0.6) is 0 Å². The van der Waals surface area contributed by atoms with E-state index in [1.54, 1.807) is 14.0 Å². The third-order valence-corrected chi connectivity index (χ3v) is 2.22. The van der Waals surface area contributed by atoms with Crippen molar-refractivity contribution in [2.24, 2.45) is 0 Å². The van der Waals surface area contributed by atoms with Crippen molar-refractivity contribution >= 4 is 11.9 Å². The fourth-order valence-corrected chi connectivity index (χ4v) is 1.33. The standard InChI is InChI=1S/C9H15NO4/c1-3-14-9(12)8(11)10(2)7-4-5-13-6-7/h7H,3-6H2,1-2H3. The van der Waals surface area contributed by atoms with Gasteiger partial charge in [0.25, 0.3) is 0 Å². The molecule has 0 radical (unpaired) electrons. The van der Waals surface area contributed by atoms with Gasteiger partial charge in [-0.15, -0.1) is 0 Å². The minimum absolute atomic E-state index is 0.00639. The Balaban J connectivity index is 2.46. The molecule has 0 aliphatic carbocycles. The van der Waals surface area contributed by atoms with Crippen molar-refractivity contribution in [1.82, 2.24) is 4.90 Å². The highest BCUT2D eigenvalue weighted by Crippen LogP contribution is 2.10. The first-order valence-electron chi connectivity index (χ1n) is 4.68. The highest BCUT2D eigenvalue weighted by molar-refractivity contribution is 6.32. The fourth-order valence-electron chi connectivity index (χ4n) is 1.33. The van der Waals surface area contributed by atoms with Crippen LogP contribution in [-0.2, 0) is 19.1 Å². The van der Waals surface area contributed by atoms with E-state index in [0.29, 0.717) is 13.2 Å². The number of hydrogen-bond donors (Lipinski definition) is 0. The van der Waals surface area contributed by atoms with Crippen LogP contribution < -0.4 is 0 Å². The van der Waals surface area contributed by atoms with E-state index in [1.807, 2.05) is 0 Å². The molecule has 0 spiro atoms. The predicted octanol–water partition coefficient (Wildman–Crippen LogP) is -0.203. The molecule has 14 heavy (non-hydrogen) atoms. The van der Waals surface area contributed by atoms with E-state index in [1.165, 1.54) is 4.90 Å². The maximum atomic E-state index is 11.4. The summed E-state index contributed by atoms with van der Waals surface area (Å²) >= 11 is 0. The van der Waals surface area contributed by atoms with E-state index < -0.39 is 11.9 Å². The van der Waals surface area contributed by atoms with Crippen molar-refractivity contribution in [1.29, 1.82) is 0 Å². The van der Waals surface area contributed by atoms with Crippen LogP contribution in [0, 0.1) is 0 Å². The molecule has 1 unspecified atom stereocenters. The molecule has 1 atom stereocenters. The van der Waals surface area contributed by atoms with Crippen LogP contribution in [0.1, 0.15) is 13.3 Å². The molecule has 1 saturated heterocycles. The third-order valence-electron chi connectivity index (χ3n) is 2.22. The number of hydrogen-bond acceptors (Lipinski definition) is 4. The first kappa shape index (κ1) is 11.0. The molecular formula is C9H15NO4. The van der Waals surface area contributed by atoms with Crippen LogP contribution in [0.3, 0.4) is 0 Å². The summed E-state index contributed by atoms with van der Waals surface area (Å²) < 4.78 is 9.74. The second-order valence-corrected chi connectivity index (χ2v) is 3.15. The molecule has 0 N–H and O–H groups in total. The van der Waals surface area contributed by atoms with Gasteiger partial charge in [-0.2, -0.15) is 0 Å². The predicted molar refractivity (Wildman–Crippen MR) is 48.6 cm³/mol. The van der Waals surface area contributed by atoms with E-state index in [-0.39, 0.29) is 12.6 Å². The van der Waals surface area contributed by atoms with Gasteiger partial charge in [0, 0.05) is 13.7 Å². The molecule has 1 amide bonds. The summed E-state index contributed by atoms with van der Waals surface area (Å²) in [5, 5.41) is 0. The van der Waals surface area contributed by atoms with E-state index >= 15 is 0 Å². The average Bonchev–Trinajstić information content (AvgIpc) is 2.68. The first-order chi connectivity index (χ1) is 6.66. The lowest BCUT2D eigenvalue weighted by atomic mass is 10.2. The van der Waals surface area contributed by atoms with Gasteiger partial charge in [-0.25, -0.2) is 4.79 Å². The molecule has 0 saturated carbocycles. The minimum Gasteiger partial charge on any atom is -0.459 e. The van der Waals surface area contributed by atoms with Gasteiger partial charge in [0.05, 0.1) is 19.3 Å². The van der Waals surface area contributed by atoms with Crippen molar-refractivity contribution in [3.63, 3.8) is 0 Å². The molecule has 0 bridgehead atoms. The zero-order valence-electron chi connectivity index (χ0n) is 8.49. The number of rotatable bonds is 2. The Labute approximate surface area is 83.0 Å². The summed E-state index contributed by atoms with van der Waals surface area (Å²) in [7, 11) is 1.60. The summed E-state index contributed by atoms with van der Waals surface area (Å²) in [6, 6.07) is 0.00639. The molecule has 1 rings (SSSR count). The van der Waals surface area contributed by atoms with Crippen molar-refractivity contribution in [2.75, 3.05) is 26.9 Å².